The first-order chi connectivity index (χ1) is 11.1. The Labute approximate surface area is 137 Å². The van der Waals surface area contributed by atoms with Crippen molar-refractivity contribution >= 4 is 5.97 Å². The minimum absolute atomic E-state index is 0.335. The molecule has 1 N–H and O–H groups in total. The first-order valence-electron chi connectivity index (χ1n) is 7.77. The smallest absolute Gasteiger partial charge is 0.335 e. The average Bonchev–Trinajstić information content (AvgIpc) is 2.55. The largest absolute Gasteiger partial charge is 0.478 e. The van der Waals surface area contributed by atoms with Gasteiger partial charge in [0.15, 0.2) is 0 Å². The van der Waals surface area contributed by atoms with E-state index in [9.17, 15) is 4.79 Å². The summed E-state index contributed by atoms with van der Waals surface area (Å²) in [6.45, 7) is 3.01. The van der Waals surface area contributed by atoms with Crippen LogP contribution in [0.15, 0.2) is 54.6 Å². The topological polar surface area (TPSA) is 49.8 Å². The van der Waals surface area contributed by atoms with Gasteiger partial charge in [-0.2, -0.15) is 0 Å². The molecule has 0 atom stereocenters. The van der Waals surface area contributed by atoms with Crippen LogP contribution in [0.1, 0.15) is 27.9 Å². The molecule has 0 unspecified atom stereocenters. The van der Waals surface area contributed by atoms with Crippen LogP contribution in [-0.2, 0) is 17.9 Å². The van der Waals surface area contributed by atoms with Crippen molar-refractivity contribution < 1.29 is 14.6 Å². The Morgan fingerprint density at radius 1 is 1.09 bits per heavy atom. The van der Waals surface area contributed by atoms with Crippen molar-refractivity contribution in [2.45, 2.75) is 19.6 Å². The molecule has 0 aromatic heterocycles. The van der Waals surface area contributed by atoms with Gasteiger partial charge in [-0.3, -0.25) is 0 Å². The second-order valence-electron chi connectivity index (χ2n) is 5.64. The normalized spacial score (nSPS) is 10.9. The fourth-order valence-corrected chi connectivity index (χ4v) is 2.39. The van der Waals surface area contributed by atoms with Gasteiger partial charge in [-0.25, -0.2) is 4.79 Å². The van der Waals surface area contributed by atoms with Gasteiger partial charge >= 0.3 is 5.97 Å². The average molecular weight is 313 g/mol. The maximum Gasteiger partial charge on any atom is 0.335 e. The van der Waals surface area contributed by atoms with Gasteiger partial charge in [0.25, 0.3) is 0 Å². The highest BCUT2D eigenvalue weighted by molar-refractivity contribution is 5.87. The standard InChI is InChI=1S/C19H23NO3/c1-20(14-17-9-5-10-18(13-17)19(21)22)11-6-12-23-15-16-7-3-2-4-8-16/h2-5,7-10,13H,6,11-12,14-15H2,1H3,(H,21,22). The molecule has 0 radical (unpaired) electrons. The Morgan fingerprint density at radius 2 is 1.83 bits per heavy atom. The molecule has 0 heterocycles. The molecule has 0 saturated heterocycles. The van der Waals surface area contributed by atoms with Crippen molar-refractivity contribution in [1.29, 1.82) is 0 Å². The van der Waals surface area contributed by atoms with Gasteiger partial charge < -0.3 is 14.7 Å². The van der Waals surface area contributed by atoms with Crippen LogP contribution < -0.4 is 0 Å². The lowest BCUT2D eigenvalue weighted by Crippen LogP contribution is -2.20. The van der Waals surface area contributed by atoms with Gasteiger partial charge in [-0.1, -0.05) is 42.5 Å². The van der Waals surface area contributed by atoms with E-state index in [4.69, 9.17) is 9.84 Å². The summed E-state index contributed by atoms with van der Waals surface area (Å²) in [5.74, 6) is -0.885. The molecule has 0 aliphatic heterocycles. The van der Waals surface area contributed by atoms with Crippen LogP contribution in [0.25, 0.3) is 0 Å². The third-order valence-corrected chi connectivity index (χ3v) is 3.57. The van der Waals surface area contributed by atoms with Crippen LogP contribution in [0.5, 0.6) is 0 Å². The molecule has 2 rings (SSSR count). The van der Waals surface area contributed by atoms with Crippen LogP contribution in [0.2, 0.25) is 0 Å². The summed E-state index contributed by atoms with van der Waals surface area (Å²) in [7, 11) is 2.03. The maximum atomic E-state index is 11.0. The van der Waals surface area contributed by atoms with Gasteiger partial charge in [-0.05, 0) is 36.7 Å². The fourth-order valence-electron chi connectivity index (χ4n) is 2.39. The molecule has 0 saturated carbocycles. The second kappa shape index (κ2) is 9.08. The van der Waals surface area contributed by atoms with E-state index in [2.05, 4.69) is 17.0 Å². The number of benzene rings is 2. The number of hydrogen-bond donors (Lipinski definition) is 1. The molecule has 0 spiro atoms. The van der Waals surface area contributed by atoms with Crippen molar-refractivity contribution in [3.63, 3.8) is 0 Å². The van der Waals surface area contributed by atoms with Crippen molar-refractivity contribution in [3.8, 4) is 0 Å². The van der Waals surface area contributed by atoms with Crippen LogP contribution in [0.4, 0.5) is 0 Å². The van der Waals surface area contributed by atoms with Gasteiger partial charge in [0.05, 0.1) is 12.2 Å². The van der Waals surface area contributed by atoms with Crippen molar-refractivity contribution in [2.75, 3.05) is 20.2 Å². The zero-order valence-corrected chi connectivity index (χ0v) is 13.4. The molecule has 0 aliphatic rings. The van der Waals surface area contributed by atoms with E-state index in [-0.39, 0.29) is 0 Å². The van der Waals surface area contributed by atoms with E-state index in [1.165, 1.54) is 5.56 Å². The highest BCUT2D eigenvalue weighted by Crippen LogP contribution is 2.08. The van der Waals surface area contributed by atoms with Crippen LogP contribution in [-0.4, -0.2) is 36.2 Å². The number of nitrogens with zero attached hydrogens (tertiary/aromatic N) is 1. The monoisotopic (exact) mass is 313 g/mol. The Morgan fingerprint density at radius 3 is 2.57 bits per heavy atom. The van der Waals surface area contributed by atoms with E-state index in [1.54, 1.807) is 18.2 Å². The third-order valence-electron chi connectivity index (χ3n) is 3.57. The molecule has 0 fully saturated rings. The highest BCUT2D eigenvalue weighted by Gasteiger charge is 2.05. The molecule has 0 aliphatic carbocycles. The van der Waals surface area contributed by atoms with Crippen molar-refractivity contribution in [2.24, 2.45) is 0 Å². The van der Waals surface area contributed by atoms with E-state index in [1.807, 2.05) is 31.3 Å². The van der Waals surface area contributed by atoms with Gasteiger partial charge in [0.1, 0.15) is 0 Å². The second-order valence-corrected chi connectivity index (χ2v) is 5.64. The number of carboxylic acid groups (broad SMARTS) is 1. The van der Waals surface area contributed by atoms with Gasteiger partial charge in [0, 0.05) is 19.7 Å². The summed E-state index contributed by atoms with van der Waals surface area (Å²) in [5, 5.41) is 9.01. The summed E-state index contributed by atoms with van der Waals surface area (Å²) in [6, 6.07) is 17.2. The lowest BCUT2D eigenvalue weighted by atomic mass is 10.1. The van der Waals surface area contributed by atoms with E-state index >= 15 is 0 Å². The van der Waals surface area contributed by atoms with E-state index in [0.29, 0.717) is 18.8 Å². The molecule has 4 nitrogen and oxygen atoms in total. The third kappa shape index (κ3) is 6.22. The van der Waals surface area contributed by atoms with Crippen molar-refractivity contribution in [3.05, 3.63) is 71.3 Å². The van der Waals surface area contributed by atoms with Crippen LogP contribution in [0.3, 0.4) is 0 Å². The van der Waals surface area contributed by atoms with Gasteiger partial charge in [-0.15, -0.1) is 0 Å². The van der Waals surface area contributed by atoms with Gasteiger partial charge in [0.2, 0.25) is 0 Å². The molecule has 0 amide bonds. The quantitative estimate of drug-likeness (QED) is 0.721. The Hall–Kier alpha value is -2.17. The zero-order chi connectivity index (χ0) is 16.5. The van der Waals surface area contributed by atoms with E-state index < -0.39 is 5.97 Å². The highest BCUT2D eigenvalue weighted by atomic mass is 16.5. The molecule has 2 aromatic carbocycles. The summed E-state index contributed by atoms with van der Waals surface area (Å²) >= 11 is 0. The minimum atomic E-state index is -0.885. The number of aromatic carboxylic acids is 1. The van der Waals surface area contributed by atoms with Crippen LogP contribution in [0, 0.1) is 0 Å². The maximum absolute atomic E-state index is 11.0. The van der Waals surface area contributed by atoms with Crippen molar-refractivity contribution in [1.82, 2.24) is 4.90 Å². The molecular formula is C19H23NO3. The molecule has 0 bridgehead atoms. The first kappa shape index (κ1) is 17.2. The molecule has 2 aromatic rings. The Balaban J connectivity index is 1.66. The number of rotatable bonds is 9. The van der Waals surface area contributed by atoms with Crippen LogP contribution >= 0.6 is 0 Å². The lowest BCUT2D eigenvalue weighted by Gasteiger charge is -2.17. The first-order valence-corrected chi connectivity index (χ1v) is 7.77. The lowest BCUT2D eigenvalue weighted by molar-refractivity contribution is 0.0696. The number of carbonyl (C=O) groups is 1. The predicted octanol–water partition coefficient (Wildman–Crippen LogP) is 3.42. The zero-order valence-electron chi connectivity index (χ0n) is 13.4. The summed E-state index contributed by atoms with van der Waals surface area (Å²) < 4.78 is 5.67. The summed E-state index contributed by atoms with van der Waals surface area (Å²) in [5.41, 5.74) is 2.53. The Bertz CT molecular complexity index is 613. The fraction of sp³-hybridized carbons (Fsp3) is 0.316. The summed E-state index contributed by atoms with van der Waals surface area (Å²) in [6.07, 6.45) is 0.946. The molecule has 4 heteroatoms. The molecule has 23 heavy (non-hydrogen) atoms. The SMILES string of the molecule is CN(CCCOCc1ccccc1)Cc1cccc(C(=O)O)c1. The predicted molar refractivity (Wildman–Crippen MR) is 90.5 cm³/mol. The number of hydrogen-bond acceptors (Lipinski definition) is 3. The number of ether oxygens (including phenoxy) is 1. The molecular weight excluding hydrogens is 290 g/mol. The number of carboxylic acids is 1. The molecule has 122 valence electrons. The minimum Gasteiger partial charge on any atom is -0.478 e. The Kier molecular flexibility index (Phi) is 6.78. The summed E-state index contributed by atoms with van der Waals surface area (Å²) in [4.78, 5) is 13.1. The van der Waals surface area contributed by atoms with E-state index in [0.717, 1.165) is 25.1 Å².